The maximum absolute atomic E-state index is 13.2. The molecule has 0 bridgehead atoms. The number of carbonyl (C=O) groups excluding carboxylic acids is 1. The maximum atomic E-state index is 13.2. The summed E-state index contributed by atoms with van der Waals surface area (Å²) in [6.07, 6.45) is 4.26. The van der Waals surface area contributed by atoms with Gasteiger partial charge in [0.05, 0.1) is 18.2 Å². The van der Waals surface area contributed by atoms with E-state index < -0.39 is 0 Å². The molecule has 40 heavy (non-hydrogen) atoms. The second-order valence-electron chi connectivity index (χ2n) is 10.2. The maximum Gasteiger partial charge on any atom is 0.257 e. The lowest BCUT2D eigenvalue weighted by atomic mass is 10.1. The van der Waals surface area contributed by atoms with Gasteiger partial charge in [-0.25, -0.2) is 0 Å². The van der Waals surface area contributed by atoms with Crippen molar-refractivity contribution in [2.45, 2.75) is 25.7 Å². The van der Waals surface area contributed by atoms with Crippen molar-refractivity contribution < 1.29 is 9.53 Å². The second-order valence-corrected chi connectivity index (χ2v) is 10.2. The Morgan fingerprint density at radius 3 is 2.27 bits per heavy atom. The summed E-state index contributed by atoms with van der Waals surface area (Å²) in [6.45, 7) is 2.09. The minimum Gasteiger partial charge on any atom is -0.497 e. The molecule has 5 aromatic rings. The number of pyridine rings is 1. The van der Waals surface area contributed by atoms with Crippen LogP contribution in [-0.4, -0.2) is 43.0 Å². The van der Waals surface area contributed by atoms with Gasteiger partial charge in [0, 0.05) is 28.5 Å². The summed E-state index contributed by atoms with van der Waals surface area (Å²) in [4.78, 5) is 31.8. The summed E-state index contributed by atoms with van der Waals surface area (Å²) in [5.41, 5.74) is 4.93. The summed E-state index contributed by atoms with van der Waals surface area (Å²) in [5.74, 6) is 0.644. The van der Waals surface area contributed by atoms with Crippen LogP contribution in [0.25, 0.3) is 21.8 Å². The van der Waals surface area contributed by atoms with Gasteiger partial charge in [0.2, 0.25) is 0 Å². The summed E-state index contributed by atoms with van der Waals surface area (Å²) in [5, 5.41) is 4.11. The number of para-hydroxylation sites is 2. The molecule has 0 atom stereocenters. The molecule has 1 heterocycles. The molecule has 0 unspecified atom stereocenters. The quantitative estimate of drug-likeness (QED) is 0.151. The highest BCUT2D eigenvalue weighted by Crippen LogP contribution is 2.20. The standard InChI is InChI=1S/C34H35N3O3/c1-37(23-21-25-15-19-27(40-2)20-16-25)22-6-5-8-24-13-17-26(18-14-24)35-34(39)30-11-7-10-29-32(30)36-31-12-4-3-9-28(31)33(29)38/h3-4,7,9-20H,5-6,8,21-23H2,1-2H3,(H,35,39)(H,36,38). The number of nitrogens with zero attached hydrogens (tertiary/aromatic N) is 1. The van der Waals surface area contributed by atoms with Crippen LogP contribution in [0.2, 0.25) is 0 Å². The van der Waals surface area contributed by atoms with Crippen molar-refractivity contribution >= 4 is 33.4 Å². The number of anilines is 1. The van der Waals surface area contributed by atoms with Crippen molar-refractivity contribution in [3.63, 3.8) is 0 Å². The predicted octanol–water partition coefficient (Wildman–Crippen LogP) is 6.44. The number of aromatic amines is 1. The highest BCUT2D eigenvalue weighted by Gasteiger charge is 2.14. The van der Waals surface area contributed by atoms with E-state index in [1.54, 1.807) is 31.4 Å². The van der Waals surface area contributed by atoms with Gasteiger partial charge in [0.1, 0.15) is 5.75 Å². The lowest BCUT2D eigenvalue weighted by Gasteiger charge is -2.16. The van der Waals surface area contributed by atoms with Crippen LogP contribution in [0.5, 0.6) is 5.75 Å². The molecule has 1 amide bonds. The molecule has 2 N–H and O–H groups in total. The second kappa shape index (κ2) is 12.6. The van der Waals surface area contributed by atoms with Gasteiger partial charge in [-0.2, -0.15) is 0 Å². The summed E-state index contributed by atoms with van der Waals surface area (Å²) >= 11 is 0. The van der Waals surface area contributed by atoms with E-state index >= 15 is 0 Å². The molecule has 6 heteroatoms. The van der Waals surface area contributed by atoms with E-state index in [0.29, 0.717) is 27.4 Å². The van der Waals surface area contributed by atoms with Crippen LogP contribution >= 0.6 is 0 Å². The number of unbranched alkanes of at least 4 members (excludes halogenated alkanes) is 1. The number of benzene rings is 4. The molecule has 4 aromatic carbocycles. The number of nitrogens with one attached hydrogen (secondary N) is 2. The molecular formula is C34H35N3O3. The number of aryl methyl sites for hydroxylation is 1. The van der Waals surface area contributed by atoms with Gasteiger partial charge in [-0.15, -0.1) is 0 Å². The first-order valence-electron chi connectivity index (χ1n) is 13.8. The fraction of sp³-hybridized carbons (Fsp3) is 0.235. The molecule has 6 nitrogen and oxygen atoms in total. The van der Waals surface area contributed by atoms with Gasteiger partial charge in [-0.1, -0.05) is 42.5 Å². The fourth-order valence-corrected chi connectivity index (χ4v) is 5.02. The largest absolute Gasteiger partial charge is 0.497 e. The highest BCUT2D eigenvalue weighted by atomic mass is 16.5. The van der Waals surface area contributed by atoms with Gasteiger partial charge in [0.25, 0.3) is 5.91 Å². The lowest BCUT2D eigenvalue weighted by molar-refractivity contribution is 0.102. The summed E-state index contributed by atoms with van der Waals surface area (Å²) < 4.78 is 5.23. The molecule has 0 saturated carbocycles. The van der Waals surface area contributed by atoms with E-state index in [1.165, 1.54) is 11.1 Å². The van der Waals surface area contributed by atoms with E-state index in [0.717, 1.165) is 50.2 Å². The van der Waals surface area contributed by atoms with Gasteiger partial charge in [-0.05, 0) is 98.9 Å². The first kappa shape index (κ1) is 27.2. The molecule has 0 aliphatic rings. The third-order valence-corrected chi connectivity index (χ3v) is 7.39. The number of fused-ring (bicyclic) bond motifs is 2. The Labute approximate surface area is 234 Å². The van der Waals surface area contributed by atoms with Crippen molar-refractivity contribution in [3.05, 3.63) is 118 Å². The minimum absolute atomic E-state index is 0.0771. The lowest BCUT2D eigenvalue weighted by Crippen LogP contribution is -2.22. The fourth-order valence-electron chi connectivity index (χ4n) is 5.02. The number of rotatable bonds is 11. The number of aromatic nitrogens is 1. The first-order chi connectivity index (χ1) is 19.5. The number of hydrogen-bond donors (Lipinski definition) is 2. The molecule has 0 saturated heterocycles. The number of methoxy groups -OCH3 is 1. The molecule has 0 fully saturated rings. The molecule has 5 rings (SSSR count). The van der Waals surface area contributed by atoms with Crippen molar-refractivity contribution in [2.75, 3.05) is 32.6 Å². The SMILES string of the molecule is COc1ccc(CCN(C)CCCCc2ccc(NC(=O)c3cccc4c(=O)c5ccccc5[nH]c34)cc2)cc1. The zero-order chi connectivity index (χ0) is 27.9. The third kappa shape index (κ3) is 6.41. The average Bonchev–Trinajstić information content (AvgIpc) is 2.99. The third-order valence-electron chi connectivity index (χ3n) is 7.39. The van der Waals surface area contributed by atoms with E-state index in [4.69, 9.17) is 4.74 Å². The van der Waals surface area contributed by atoms with Crippen molar-refractivity contribution in [3.8, 4) is 5.75 Å². The first-order valence-corrected chi connectivity index (χ1v) is 13.8. The smallest absolute Gasteiger partial charge is 0.257 e. The monoisotopic (exact) mass is 533 g/mol. The van der Waals surface area contributed by atoms with Crippen LogP contribution in [0.4, 0.5) is 5.69 Å². The predicted molar refractivity (Wildman–Crippen MR) is 164 cm³/mol. The molecule has 0 spiro atoms. The van der Waals surface area contributed by atoms with Crippen LogP contribution < -0.4 is 15.5 Å². The van der Waals surface area contributed by atoms with Gasteiger partial charge >= 0.3 is 0 Å². The Morgan fingerprint density at radius 1 is 0.800 bits per heavy atom. The molecule has 0 radical (unpaired) electrons. The number of likely N-dealkylation sites (N-methyl/N-ethyl adjacent to an activating group) is 1. The number of H-pyrrole nitrogens is 1. The zero-order valence-electron chi connectivity index (χ0n) is 23.1. The molecular weight excluding hydrogens is 498 g/mol. The number of carbonyl (C=O) groups is 1. The summed E-state index contributed by atoms with van der Waals surface area (Å²) in [6, 6.07) is 28.9. The number of amides is 1. The van der Waals surface area contributed by atoms with Crippen LogP contribution in [-0.2, 0) is 12.8 Å². The van der Waals surface area contributed by atoms with Crippen LogP contribution in [0, 0.1) is 0 Å². The summed E-state index contributed by atoms with van der Waals surface area (Å²) in [7, 11) is 3.86. The zero-order valence-corrected chi connectivity index (χ0v) is 23.1. The Bertz CT molecular complexity index is 1660. The highest BCUT2D eigenvalue weighted by molar-refractivity contribution is 6.13. The van der Waals surface area contributed by atoms with Crippen molar-refractivity contribution in [1.82, 2.24) is 9.88 Å². The Balaban J connectivity index is 1.12. The molecule has 0 aliphatic carbocycles. The average molecular weight is 534 g/mol. The minimum atomic E-state index is -0.248. The van der Waals surface area contributed by atoms with E-state index in [1.807, 2.05) is 42.5 Å². The normalized spacial score (nSPS) is 11.3. The number of hydrogen-bond acceptors (Lipinski definition) is 4. The van der Waals surface area contributed by atoms with Crippen molar-refractivity contribution in [2.24, 2.45) is 0 Å². The van der Waals surface area contributed by atoms with Crippen molar-refractivity contribution in [1.29, 1.82) is 0 Å². The number of ether oxygens (including phenoxy) is 1. The topological polar surface area (TPSA) is 74.4 Å². The molecule has 1 aromatic heterocycles. The van der Waals surface area contributed by atoms with Crippen LogP contribution in [0.1, 0.15) is 34.3 Å². The van der Waals surface area contributed by atoms with Crippen LogP contribution in [0.3, 0.4) is 0 Å². The molecule has 0 aliphatic heterocycles. The van der Waals surface area contributed by atoms with Gasteiger partial charge in [-0.3, -0.25) is 9.59 Å². The van der Waals surface area contributed by atoms with E-state index in [2.05, 4.69) is 46.5 Å². The van der Waals surface area contributed by atoms with E-state index in [9.17, 15) is 9.59 Å². The Kier molecular flexibility index (Phi) is 8.57. The van der Waals surface area contributed by atoms with Gasteiger partial charge in [0.15, 0.2) is 5.43 Å². The molecule has 204 valence electrons. The van der Waals surface area contributed by atoms with Crippen LogP contribution in [0.15, 0.2) is 95.8 Å². The van der Waals surface area contributed by atoms with E-state index in [-0.39, 0.29) is 11.3 Å². The van der Waals surface area contributed by atoms with Gasteiger partial charge < -0.3 is 19.9 Å². The Hall–Kier alpha value is -4.42. The Morgan fingerprint density at radius 2 is 1.50 bits per heavy atom.